The molecule has 0 bridgehead atoms. The standard InChI is InChI=1S/C13H22N4O2S2/c18-21(19,11-12-3-1-2-4-14-12)17-8-6-16(7-9-17)13-15-5-10-20-13/h5,10,12,14H,1-4,6-9,11H2. The third-order valence-corrected chi connectivity index (χ3v) is 6.95. The molecule has 1 N–H and O–H groups in total. The van der Waals surface area contributed by atoms with E-state index in [4.69, 9.17) is 0 Å². The van der Waals surface area contributed by atoms with Crippen molar-refractivity contribution < 1.29 is 8.42 Å². The number of anilines is 1. The molecule has 0 aliphatic carbocycles. The predicted octanol–water partition coefficient (Wildman–Crippen LogP) is 0.737. The normalized spacial score (nSPS) is 25.1. The van der Waals surface area contributed by atoms with E-state index in [0.717, 1.165) is 44.0 Å². The second kappa shape index (κ2) is 6.60. The van der Waals surface area contributed by atoms with Crippen LogP contribution in [0.5, 0.6) is 0 Å². The molecule has 6 nitrogen and oxygen atoms in total. The molecule has 0 radical (unpaired) electrons. The average molecular weight is 330 g/mol. The second-order valence-corrected chi connectivity index (χ2v) is 8.51. The molecule has 2 aliphatic heterocycles. The minimum absolute atomic E-state index is 0.126. The Bertz CT molecular complexity index is 533. The Balaban J connectivity index is 1.55. The molecular weight excluding hydrogens is 308 g/mol. The van der Waals surface area contributed by atoms with Gasteiger partial charge in [-0.05, 0) is 19.4 Å². The highest BCUT2D eigenvalue weighted by Crippen LogP contribution is 2.20. The summed E-state index contributed by atoms with van der Waals surface area (Å²) >= 11 is 1.60. The Hall–Kier alpha value is -0.700. The van der Waals surface area contributed by atoms with Crippen LogP contribution in [0, 0.1) is 0 Å². The molecule has 118 valence electrons. The van der Waals surface area contributed by atoms with Crippen molar-refractivity contribution >= 4 is 26.5 Å². The lowest BCUT2D eigenvalue weighted by atomic mass is 10.1. The number of piperidine rings is 1. The second-order valence-electron chi connectivity index (χ2n) is 5.63. The number of nitrogens with one attached hydrogen (secondary N) is 1. The minimum Gasteiger partial charge on any atom is -0.345 e. The van der Waals surface area contributed by atoms with Gasteiger partial charge in [0.15, 0.2) is 5.13 Å². The maximum absolute atomic E-state index is 12.5. The summed E-state index contributed by atoms with van der Waals surface area (Å²) in [5.41, 5.74) is 0. The van der Waals surface area contributed by atoms with E-state index >= 15 is 0 Å². The molecule has 1 aromatic rings. The van der Waals surface area contributed by atoms with Gasteiger partial charge in [-0.3, -0.25) is 0 Å². The third-order valence-electron chi connectivity index (χ3n) is 4.15. The highest BCUT2D eigenvalue weighted by molar-refractivity contribution is 7.89. The van der Waals surface area contributed by atoms with Crippen LogP contribution in [0.25, 0.3) is 0 Å². The van der Waals surface area contributed by atoms with Gasteiger partial charge in [0.2, 0.25) is 10.0 Å². The van der Waals surface area contributed by atoms with Gasteiger partial charge in [0.25, 0.3) is 0 Å². The fourth-order valence-corrected chi connectivity index (χ4v) is 5.38. The van der Waals surface area contributed by atoms with Crippen molar-refractivity contribution in [2.75, 3.05) is 43.4 Å². The summed E-state index contributed by atoms with van der Waals surface area (Å²) in [4.78, 5) is 6.45. The highest BCUT2D eigenvalue weighted by Gasteiger charge is 2.30. The number of nitrogens with zero attached hydrogens (tertiary/aromatic N) is 3. The van der Waals surface area contributed by atoms with E-state index < -0.39 is 10.0 Å². The molecule has 1 unspecified atom stereocenters. The quantitative estimate of drug-likeness (QED) is 0.882. The molecule has 1 aromatic heterocycles. The van der Waals surface area contributed by atoms with Crippen LogP contribution in [-0.4, -0.2) is 62.2 Å². The fraction of sp³-hybridized carbons (Fsp3) is 0.769. The van der Waals surface area contributed by atoms with Gasteiger partial charge >= 0.3 is 0 Å². The molecule has 0 aromatic carbocycles. The summed E-state index contributed by atoms with van der Waals surface area (Å²) in [6.07, 6.45) is 5.05. The van der Waals surface area contributed by atoms with Crippen LogP contribution in [0.1, 0.15) is 19.3 Å². The average Bonchev–Trinajstić information content (AvgIpc) is 3.02. The van der Waals surface area contributed by atoms with Crippen molar-refractivity contribution in [3.63, 3.8) is 0 Å². The van der Waals surface area contributed by atoms with E-state index in [1.54, 1.807) is 21.8 Å². The highest BCUT2D eigenvalue weighted by atomic mass is 32.2. The van der Waals surface area contributed by atoms with Crippen molar-refractivity contribution in [3.05, 3.63) is 11.6 Å². The topological polar surface area (TPSA) is 65.5 Å². The summed E-state index contributed by atoms with van der Waals surface area (Å²) in [5.74, 6) is 0.240. The van der Waals surface area contributed by atoms with Crippen LogP contribution in [0.4, 0.5) is 5.13 Å². The van der Waals surface area contributed by atoms with Crippen molar-refractivity contribution in [2.45, 2.75) is 25.3 Å². The summed E-state index contributed by atoms with van der Waals surface area (Å²) in [7, 11) is -3.15. The monoisotopic (exact) mass is 330 g/mol. The maximum Gasteiger partial charge on any atom is 0.215 e. The molecule has 2 fully saturated rings. The Morgan fingerprint density at radius 1 is 1.29 bits per heavy atom. The lowest BCUT2D eigenvalue weighted by Gasteiger charge is -2.35. The van der Waals surface area contributed by atoms with E-state index in [1.165, 1.54) is 0 Å². The molecule has 0 spiro atoms. The summed E-state index contributed by atoms with van der Waals surface area (Å²) in [6.45, 7) is 3.52. The van der Waals surface area contributed by atoms with Gasteiger partial charge in [0, 0.05) is 43.8 Å². The molecule has 2 saturated heterocycles. The summed E-state index contributed by atoms with van der Waals surface area (Å²) in [6, 6.07) is 0.126. The van der Waals surface area contributed by atoms with E-state index in [9.17, 15) is 8.42 Å². The maximum atomic E-state index is 12.5. The summed E-state index contributed by atoms with van der Waals surface area (Å²) < 4.78 is 26.6. The molecule has 21 heavy (non-hydrogen) atoms. The van der Waals surface area contributed by atoms with Crippen LogP contribution >= 0.6 is 11.3 Å². The zero-order valence-electron chi connectivity index (χ0n) is 12.1. The zero-order chi connectivity index (χ0) is 14.7. The Kier molecular flexibility index (Phi) is 4.78. The predicted molar refractivity (Wildman–Crippen MR) is 85.3 cm³/mol. The molecule has 2 aliphatic rings. The van der Waals surface area contributed by atoms with Crippen LogP contribution < -0.4 is 10.2 Å². The first kappa shape index (κ1) is 15.2. The van der Waals surface area contributed by atoms with Gasteiger partial charge in [-0.2, -0.15) is 4.31 Å². The van der Waals surface area contributed by atoms with Gasteiger partial charge in [-0.15, -0.1) is 11.3 Å². The van der Waals surface area contributed by atoms with E-state index in [2.05, 4.69) is 15.2 Å². The van der Waals surface area contributed by atoms with Crippen molar-refractivity contribution in [1.29, 1.82) is 0 Å². The SMILES string of the molecule is O=S(=O)(CC1CCCCN1)N1CCN(c2nccs2)CC1. The number of rotatable bonds is 4. The van der Waals surface area contributed by atoms with Gasteiger partial charge in [-0.1, -0.05) is 6.42 Å². The number of piperazine rings is 1. The molecule has 1 atom stereocenters. The Labute approximate surface area is 130 Å². The van der Waals surface area contributed by atoms with Gasteiger partial charge in [0.1, 0.15) is 0 Å². The lowest BCUT2D eigenvalue weighted by molar-refractivity contribution is 0.371. The number of hydrogen-bond donors (Lipinski definition) is 1. The van der Waals surface area contributed by atoms with E-state index in [0.29, 0.717) is 13.1 Å². The largest absolute Gasteiger partial charge is 0.345 e. The van der Waals surface area contributed by atoms with Crippen LogP contribution in [0.15, 0.2) is 11.6 Å². The van der Waals surface area contributed by atoms with Crippen LogP contribution in [-0.2, 0) is 10.0 Å². The first-order chi connectivity index (χ1) is 10.1. The molecular formula is C13H22N4O2S2. The number of thiazole rings is 1. The third kappa shape index (κ3) is 3.74. The lowest BCUT2D eigenvalue weighted by Crippen LogP contribution is -2.51. The molecule has 3 heterocycles. The first-order valence-corrected chi connectivity index (χ1v) is 10.00. The Morgan fingerprint density at radius 2 is 2.10 bits per heavy atom. The fourth-order valence-electron chi connectivity index (χ4n) is 2.96. The van der Waals surface area contributed by atoms with Gasteiger partial charge in [-0.25, -0.2) is 13.4 Å². The number of hydrogen-bond acceptors (Lipinski definition) is 6. The van der Waals surface area contributed by atoms with Crippen LogP contribution in [0.2, 0.25) is 0 Å². The molecule has 3 rings (SSSR count). The first-order valence-electron chi connectivity index (χ1n) is 7.51. The van der Waals surface area contributed by atoms with E-state index in [-0.39, 0.29) is 11.8 Å². The smallest absolute Gasteiger partial charge is 0.215 e. The Morgan fingerprint density at radius 3 is 2.71 bits per heavy atom. The summed E-state index contributed by atoms with van der Waals surface area (Å²) in [5, 5.41) is 6.26. The van der Waals surface area contributed by atoms with Crippen molar-refractivity contribution in [2.24, 2.45) is 0 Å². The van der Waals surface area contributed by atoms with Crippen molar-refractivity contribution in [1.82, 2.24) is 14.6 Å². The molecule has 0 amide bonds. The number of aromatic nitrogens is 1. The zero-order valence-corrected chi connectivity index (χ0v) is 13.7. The molecule has 0 saturated carbocycles. The van der Waals surface area contributed by atoms with Gasteiger partial charge < -0.3 is 10.2 Å². The number of sulfonamides is 1. The molecule has 8 heteroatoms. The van der Waals surface area contributed by atoms with Crippen molar-refractivity contribution in [3.8, 4) is 0 Å². The van der Waals surface area contributed by atoms with Crippen LogP contribution in [0.3, 0.4) is 0 Å². The van der Waals surface area contributed by atoms with E-state index in [1.807, 2.05) is 5.38 Å². The minimum atomic E-state index is -3.15. The van der Waals surface area contributed by atoms with Gasteiger partial charge in [0.05, 0.1) is 5.75 Å².